The van der Waals surface area contributed by atoms with E-state index < -0.39 is 11.8 Å². The first-order valence-corrected chi connectivity index (χ1v) is 6.01. The van der Waals surface area contributed by atoms with E-state index in [2.05, 4.69) is 0 Å². The van der Waals surface area contributed by atoms with E-state index in [9.17, 15) is 14.4 Å². The molecule has 0 aliphatic heterocycles. The van der Waals surface area contributed by atoms with Crippen LogP contribution in [-0.4, -0.2) is 41.8 Å². The molecule has 1 aliphatic carbocycles. The number of primary amides is 2. The molecule has 1 saturated carbocycles. The second-order valence-corrected chi connectivity index (χ2v) is 4.75. The maximum atomic E-state index is 12.2. The fourth-order valence-corrected chi connectivity index (χ4v) is 2.30. The van der Waals surface area contributed by atoms with Gasteiger partial charge in [-0.3, -0.25) is 14.4 Å². The first kappa shape index (κ1) is 14.4. The van der Waals surface area contributed by atoms with Crippen LogP contribution in [0.25, 0.3) is 0 Å². The number of amides is 3. The van der Waals surface area contributed by atoms with Gasteiger partial charge >= 0.3 is 0 Å². The van der Waals surface area contributed by atoms with Gasteiger partial charge in [0.15, 0.2) is 0 Å². The predicted octanol–water partition coefficient (Wildman–Crippen LogP) is -1.70. The lowest BCUT2D eigenvalue weighted by Gasteiger charge is -2.30. The predicted molar refractivity (Wildman–Crippen MR) is 64.9 cm³/mol. The van der Waals surface area contributed by atoms with E-state index in [1.807, 2.05) is 0 Å². The van der Waals surface area contributed by atoms with Crippen molar-refractivity contribution in [2.24, 2.45) is 23.1 Å². The summed E-state index contributed by atoms with van der Waals surface area (Å²) in [5.74, 6) is -1.83. The van der Waals surface area contributed by atoms with E-state index >= 15 is 0 Å². The smallest absolute Gasteiger partial charge is 0.237 e. The van der Waals surface area contributed by atoms with Gasteiger partial charge in [-0.2, -0.15) is 0 Å². The summed E-state index contributed by atoms with van der Waals surface area (Å²) in [5.41, 5.74) is 15.9. The van der Waals surface area contributed by atoms with Gasteiger partial charge in [0, 0.05) is 12.0 Å². The number of nitrogens with two attached hydrogens (primary N) is 3. The van der Waals surface area contributed by atoms with Crippen molar-refractivity contribution in [1.29, 1.82) is 0 Å². The number of hydrogen-bond donors (Lipinski definition) is 3. The Hall–Kier alpha value is -1.63. The SMILES string of the molecule is NC(=O)CN(CC(N)=O)C(=O)C1CCCC(N)C1. The van der Waals surface area contributed by atoms with Crippen LogP contribution in [0, 0.1) is 5.92 Å². The summed E-state index contributed by atoms with van der Waals surface area (Å²) < 4.78 is 0. The summed E-state index contributed by atoms with van der Waals surface area (Å²) >= 11 is 0. The Morgan fingerprint density at radius 1 is 1.06 bits per heavy atom. The standard InChI is InChI=1S/C11H20N4O3/c12-8-3-1-2-7(4-8)11(18)15(5-9(13)16)6-10(14)17/h7-8H,1-6,12H2,(H2,13,16)(H2,14,17). The molecule has 1 rings (SSSR count). The largest absolute Gasteiger partial charge is 0.368 e. The van der Waals surface area contributed by atoms with Gasteiger partial charge in [-0.1, -0.05) is 6.42 Å². The van der Waals surface area contributed by atoms with E-state index in [1.54, 1.807) is 0 Å². The van der Waals surface area contributed by atoms with Crippen molar-refractivity contribution in [3.8, 4) is 0 Å². The molecule has 6 N–H and O–H groups in total. The van der Waals surface area contributed by atoms with E-state index in [1.165, 1.54) is 0 Å². The summed E-state index contributed by atoms with van der Waals surface area (Å²) in [4.78, 5) is 35.1. The molecule has 7 nitrogen and oxygen atoms in total. The highest BCUT2D eigenvalue weighted by Gasteiger charge is 2.30. The van der Waals surface area contributed by atoms with E-state index in [-0.39, 0.29) is 31.0 Å². The minimum atomic E-state index is -0.662. The van der Waals surface area contributed by atoms with Crippen LogP contribution in [0.3, 0.4) is 0 Å². The Morgan fingerprint density at radius 3 is 2.06 bits per heavy atom. The zero-order chi connectivity index (χ0) is 13.7. The van der Waals surface area contributed by atoms with Gasteiger partial charge in [-0.25, -0.2) is 0 Å². The molecule has 102 valence electrons. The zero-order valence-corrected chi connectivity index (χ0v) is 10.3. The molecule has 0 saturated heterocycles. The molecule has 0 radical (unpaired) electrons. The van der Waals surface area contributed by atoms with E-state index in [0.717, 1.165) is 24.2 Å². The molecule has 2 atom stereocenters. The number of nitrogens with zero attached hydrogens (tertiary/aromatic N) is 1. The Balaban J connectivity index is 2.67. The summed E-state index contributed by atoms with van der Waals surface area (Å²) in [7, 11) is 0. The van der Waals surface area contributed by atoms with Crippen molar-refractivity contribution >= 4 is 17.7 Å². The van der Waals surface area contributed by atoms with Gasteiger partial charge in [0.1, 0.15) is 0 Å². The molecular weight excluding hydrogens is 236 g/mol. The van der Waals surface area contributed by atoms with Crippen LogP contribution in [0.1, 0.15) is 25.7 Å². The number of carbonyl (C=O) groups excluding carboxylic acids is 3. The van der Waals surface area contributed by atoms with Crippen molar-refractivity contribution in [3.63, 3.8) is 0 Å². The summed E-state index contributed by atoms with van der Waals surface area (Å²) in [6.45, 7) is -0.568. The normalized spacial score (nSPS) is 23.4. The highest BCUT2D eigenvalue weighted by Crippen LogP contribution is 2.24. The summed E-state index contributed by atoms with van der Waals surface area (Å²) in [6, 6.07) is -0.00305. The minimum Gasteiger partial charge on any atom is -0.368 e. The third-order valence-electron chi connectivity index (χ3n) is 3.07. The molecule has 7 heteroatoms. The molecule has 0 aromatic heterocycles. The fourth-order valence-electron chi connectivity index (χ4n) is 2.30. The van der Waals surface area contributed by atoms with Gasteiger partial charge in [0.05, 0.1) is 13.1 Å². The van der Waals surface area contributed by atoms with Crippen LogP contribution in [0.4, 0.5) is 0 Å². The zero-order valence-electron chi connectivity index (χ0n) is 10.3. The molecule has 3 amide bonds. The van der Waals surface area contributed by atoms with Crippen LogP contribution >= 0.6 is 0 Å². The van der Waals surface area contributed by atoms with Crippen LogP contribution in [-0.2, 0) is 14.4 Å². The van der Waals surface area contributed by atoms with Gasteiger partial charge in [0.25, 0.3) is 0 Å². The molecular formula is C11H20N4O3. The first-order valence-electron chi connectivity index (χ1n) is 6.01. The van der Waals surface area contributed by atoms with Crippen LogP contribution < -0.4 is 17.2 Å². The highest BCUT2D eigenvalue weighted by molar-refractivity contribution is 5.89. The maximum Gasteiger partial charge on any atom is 0.237 e. The van der Waals surface area contributed by atoms with Crippen molar-refractivity contribution in [2.75, 3.05) is 13.1 Å². The highest BCUT2D eigenvalue weighted by atomic mass is 16.2. The van der Waals surface area contributed by atoms with Crippen molar-refractivity contribution in [3.05, 3.63) is 0 Å². The lowest BCUT2D eigenvalue weighted by atomic mass is 9.85. The first-order chi connectivity index (χ1) is 8.40. The molecule has 0 aromatic rings. The Kier molecular flexibility index (Phi) is 5.08. The molecule has 0 spiro atoms. The Bertz CT molecular complexity index is 329. The van der Waals surface area contributed by atoms with Gasteiger partial charge in [0.2, 0.25) is 17.7 Å². The lowest BCUT2D eigenvalue weighted by molar-refractivity contribution is -0.142. The molecule has 0 aromatic carbocycles. The van der Waals surface area contributed by atoms with E-state index in [0.29, 0.717) is 6.42 Å². The average Bonchev–Trinajstić information content (AvgIpc) is 2.26. The second-order valence-electron chi connectivity index (χ2n) is 4.75. The number of carbonyl (C=O) groups is 3. The summed E-state index contributed by atoms with van der Waals surface area (Å²) in [5, 5.41) is 0. The molecule has 2 unspecified atom stereocenters. The number of rotatable bonds is 5. The van der Waals surface area contributed by atoms with E-state index in [4.69, 9.17) is 17.2 Å². The monoisotopic (exact) mass is 256 g/mol. The van der Waals surface area contributed by atoms with Crippen molar-refractivity contribution in [2.45, 2.75) is 31.7 Å². The number of hydrogen-bond acceptors (Lipinski definition) is 4. The Morgan fingerprint density at radius 2 is 1.61 bits per heavy atom. The lowest BCUT2D eigenvalue weighted by Crippen LogP contribution is -2.47. The Labute approximate surface area is 106 Å². The average molecular weight is 256 g/mol. The minimum absolute atomic E-state index is 0.00305. The molecule has 18 heavy (non-hydrogen) atoms. The van der Waals surface area contributed by atoms with Crippen LogP contribution in [0.2, 0.25) is 0 Å². The fraction of sp³-hybridized carbons (Fsp3) is 0.727. The van der Waals surface area contributed by atoms with Crippen LogP contribution in [0.5, 0.6) is 0 Å². The quantitative estimate of drug-likeness (QED) is 0.541. The maximum absolute atomic E-state index is 12.2. The van der Waals surface area contributed by atoms with Crippen molar-refractivity contribution < 1.29 is 14.4 Å². The summed E-state index contributed by atoms with van der Waals surface area (Å²) in [6.07, 6.45) is 3.07. The molecule has 1 fully saturated rings. The van der Waals surface area contributed by atoms with Crippen molar-refractivity contribution in [1.82, 2.24) is 4.90 Å². The second kappa shape index (κ2) is 6.34. The molecule has 1 aliphatic rings. The topological polar surface area (TPSA) is 133 Å². The third kappa shape index (κ3) is 4.33. The molecule has 0 heterocycles. The third-order valence-corrected chi connectivity index (χ3v) is 3.07. The van der Waals surface area contributed by atoms with Gasteiger partial charge in [-0.15, -0.1) is 0 Å². The van der Waals surface area contributed by atoms with Crippen LogP contribution in [0.15, 0.2) is 0 Å². The van der Waals surface area contributed by atoms with Gasteiger partial charge < -0.3 is 22.1 Å². The van der Waals surface area contributed by atoms with Gasteiger partial charge in [-0.05, 0) is 19.3 Å². The molecule has 0 bridgehead atoms.